The summed E-state index contributed by atoms with van der Waals surface area (Å²) in [7, 11) is 0. The van der Waals surface area contributed by atoms with Crippen molar-refractivity contribution < 1.29 is 4.79 Å². The van der Waals surface area contributed by atoms with Gasteiger partial charge in [0.2, 0.25) is 5.91 Å². The van der Waals surface area contributed by atoms with Gasteiger partial charge in [-0.3, -0.25) is 4.79 Å². The summed E-state index contributed by atoms with van der Waals surface area (Å²) in [6.45, 7) is 0.894. The number of aryl methyl sites for hydroxylation is 1. The summed E-state index contributed by atoms with van der Waals surface area (Å²) in [5, 5.41) is 3.14. The fourth-order valence-corrected chi connectivity index (χ4v) is 3.09. The smallest absolute Gasteiger partial charge is 0.220 e. The quantitative estimate of drug-likeness (QED) is 0.750. The summed E-state index contributed by atoms with van der Waals surface area (Å²) in [5.41, 5.74) is 7.65. The summed E-state index contributed by atoms with van der Waals surface area (Å²) < 4.78 is 0. The first kappa shape index (κ1) is 13.5. The lowest BCUT2D eigenvalue weighted by molar-refractivity contribution is -0.121. The molecule has 0 aliphatic heterocycles. The Morgan fingerprint density at radius 2 is 1.95 bits per heavy atom. The van der Waals surface area contributed by atoms with Crippen LogP contribution in [0.25, 0.3) is 0 Å². The molecule has 108 valence electrons. The number of nitrogen functional groups attached to an aromatic ring is 1. The van der Waals surface area contributed by atoms with E-state index in [1.807, 2.05) is 24.3 Å². The van der Waals surface area contributed by atoms with Crippen LogP contribution in [0.1, 0.15) is 37.7 Å². The van der Waals surface area contributed by atoms with E-state index in [0.717, 1.165) is 42.0 Å². The number of carbonyl (C=O) groups excluding carboxylic acids is 1. The molecule has 1 aromatic rings. The van der Waals surface area contributed by atoms with E-state index in [4.69, 9.17) is 5.73 Å². The van der Waals surface area contributed by atoms with E-state index >= 15 is 0 Å². The van der Waals surface area contributed by atoms with Crippen molar-refractivity contribution >= 4 is 11.6 Å². The molecule has 0 spiro atoms. The number of hydrogen-bond acceptors (Lipinski definition) is 2. The summed E-state index contributed by atoms with van der Waals surface area (Å²) >= 11 is 0. The van der Waals surface area contributed by atoms with E-state index in [9.17, 15) is 4.79 Å². The lowest BCUT2D eigenvalue weighted by atomic mass is 9.98. The van der Waals surface area contributed by atoms with Crippen molar-refractivity contribution in [2.75, 3.05) is 12.3 Å². The van der Waals surface area contributed by atoms with Crippen molar-refractivity contribution in [3.8, 4) is 0 Å². The Bertz CT molecular complexity index is 466. The van der Waals surface area contributed by atoms with Gasteiger partial charge in [-0.1, -0.05) is 12.1 Å². The molecule has 0 radical (unpaired) electrons. The number of anilines is 1. The Morgan fingerprint density at radius 1 is 1.25 bits per heavy atom. The van der Waals surface area contributed by atoms with Crippen molar-refractivity contribution in [3.05, 3.63) is 29.8 Å². The third kappa shape index (κ3) is 3.75. The van der Waals surface area contributed by atoms with E-state index in [2.05, 4.69) is 5.32 Å². The molecule has 2 saturated carbocycles. The Labute approximate surface area is 120 Å². The number of nitrogens with two attached hydrogens (primary N) is 1. The SMILES string of the molecule is Nc1cccc(CCC(=O)NCC(C2CC2)C2CC2)c1. The molecule has 20 heavy (non-hydrogen) atoms. The second kappa shape index (κ2) is 5.86. The first-order chi connectivity index (χ1) is 9.72. The van der Waals surface area contributed by atoms with Crippen LogP contribution in [-0.4, -0.2) is 12.5 Å². The number of hydrogen-bond donors (Lipinski definition) is 2. The van der Waals surface area contributed by atoms with Crippen molar-refractivity contribution in [2.24, 2.45) is 17.8 Å². The highest BCUT2D eigenvalue weighted by molar-refractivity contribution is 5.76. The maximum atomic E-state index is 11.9. The van der Waals surface area contributed by atoms with Gasteiger partial charge in [0.25, 0.3) is 0 Å². The normalized spacial score (nSPS) is 18.2. The first-order valence-corrected chi connectivity index (χ1v) is 7.83. The largest absolute Gasteiger partial charge is 0.399 e. The summed E-state index contributed by atoms with van der Waals surface area (Å²) in [6.07, 6.45) is 6.83. The van der Waals surface area contributed by atoms with Gasteiger partial charge in [0.15, 0.2) is 0 Å². The van der Waals surface area contributed by atoms with E-state index in [1.165, 1.54) is 25.7 Å². The second-order valence-corrected chi connectivity index (χ2v) is 6.39. The standard InChI is InChI=1S/C17H24N2O/c18-15-3-1-2-12(10-15)4-9-17(20)19-11-16(13-5-6-13)14-7-8-14/h1-3,10,13-14,16H,4-9,11,18H2,(H,19,20). The zero-order chi connectivity index (χ0) is 13.9. The molecule has 3 rings (SSSR count). The van der Waals surface area contributed by atoms with E-state index in [0.29, 0.717) is 6.42 Å². The van der Waals surface area contributed by atoms with Crippen molar-refractivity contribution in [3.63, 3.8) is 0 Å². The minimum atomic E-state index is 0.179. The van der Waals surface area contributed by atoms with Gasteiger partial charge in [0.05, 0.1) is 0 Å². The third-order valence-corrected chi connectivity index (χ3v) is 4.58. The molecule has 0 unspecified atom stereocenters. The Morgan fingerprint density at radius 3 is 2.55 bits per heavy atom. The van der Waals surface area contributed by atoms with Crippen LogP contribution >= 0.6 is 0 Å². The van der Waals surface area contributed by atoms with Crippen LogP contribution in [0, 0.1) is 17.8 Å². The third-order valence-electron chi connectivity index (χ3n) is 4.58. The Balaban J connectivity index is 1.40. The zero-order valence-electron chi connectivity index (χ0n) is 12.0. The van der Waals surface area contributed by atoms with Gasteiger partial charge in [0.1, 0.15) is 0 Å². The molecule has 3 nitrogen and oxygen atoms in total. The molecule has 2 aliphatic rings. The molecule has 0 bridgehead atoms. The molecule has 1 amide bonds. The van der Waals surface area contributed by atoms with Gasteiger partial charge in [0, 0.05) is 18.7 Å². The molecule has 0 atom stereocenters. The molecular formula is C17H24N2O. The minimum Gasteiger partial charge on any atom is -0.399 e. The van der Waals surface area contributed by atoms with Gasteiger partial charge >= 0.3 is 0 Å². The topological polar surface area (TPSA) is 55.1 Å². The molecule has 2 aliphatic carbocycles. The van der Waals surface area contributed by atoms with Crippen LogP contribution in [0.2, 0.25) is 0 Å². The fraction of sp³-hybridized carbons (Fsp3) is 0.588. The molecule has 3 heteroatoms. The summed E-state index contributed by atoms with van der Waals surface area (Å²) in [6, 6.07) is 7.80. The number of benzene rings is 1. The average Bonchev–Trinajstić information content (AvgIpc) is 3.29. The molecule has 0 heterocycles. The van der Waals surface area contributed by atoms with Crippen molar-refractivity contribution in [1.82, 2.24) is 5.32 Å². The number of rotatable bonds is 7. The molecule has 1 aromatic carbocycles. The second-order valence-electron chi connectivity index (χ2n) is 6.39. The lowest BCUT2D eigenvalue weighted by Gasteiger charge is -2.16. The van der Waals surface area contributed by atoms with Crippen LogP contribution in [0.15, 0.2) is 24.3 Å². The van der Waals surface area contributed by atoms with Crippen LogP contribution < -0.4 is 11.1 Å². The number of amides is 1. The number of carbonyl (C=O) groups is 1. The van der Waals surface area contributed by atoms with Crippen LogP contribution in [0.5, 0.6) is 0 Å². The highest BCUT2D eigenvalue weighted by atomic mass is 16.1. The molecular weight excluding hydrogens is 248 g/mol. The summed E-state index contributed by atoms with van der Waals surface area (Å²) in [4.78, 5) is 11.9. The monoisotopic (exact) mass is 272 g/mol. The van der Waals surface area contributed by atoms with Gasteiger partial charge in [-0.25, -0.2) is 0 Å². The molecule has 3 N–H and O–H groups in total. The van der Waals surface area contributed by atoms with Crippen molar-refractivity contribution in [1.29, 1.82) is 0 Å². The van der Waals surface area contributed by atoms with Crippen molar-refractivity contribution in [2.45, 2.75) is 38.5 Å². The van der Waals surface area contributed by atoms with E-state index in [1.54, 1.807) is 0 Å². The van der Waals surface area contributed by atoms with Gasteiger partial charge in [-0.05, 0) is 67.6 Å². The fourth-order valence-electron chi connectivity index (χ4n) is 3.09. The Kier molecular flexibility index (Phi) is 3.95. The van der Waals surface area contributed by atoms with E-state index < -0.39 is 0 Å². The predicted octanol–water partition coefficient (Wildman–Crippen LogP) is 2.75. The molecule has 0 aromatic heterocycles. The highest BCUT2D eigenvalue weighted by Crippen LogP contribution is 2.48. The van der Waals surface area contributed by atoms with Gasteiger partial charge < -0.3 is 11.1 Å². The van der Waals surface area contributed by atoms with E-state index in [-0.39, 0.29) is 5.91 Å². The van der Waals surface area contributed by atoms with Gasteiger partial charge in [-0.15, -0.1) is 0 Å². The van der Waals surface area contributed by atoms with Gasteiger partial charge in [-0.2, -0.15) is 0 Å². The Hall–Kier alpha value is -1.51. The van der Waals surface area contributed by atoms with Crippen LogP contribution in [-0.2, 0) is 11.2 Å². The lowest BCUT2D eigenvalue weighted by Crippen LogP contribution is -2.31. The minimum absolute atomic E-state index is 0.179. The zero-order valence-corrected chi connectivity index (χ0v) is 12.0. The molecule has 0 saturated heterocycles. The number of nitrogens with one attached hydrogen (secondary N) is 1. The first-order valence-electron chi connectivity index (χ1n) is 7.83. The average molecular weight is 272 g/mol. The summed E-state index contributed by atoms with van der Waals surface area (Å²) in [5.74, 6) is 2.73. The van der Waals surface area contributed by atoms with Crippen LogP contribution in [0.3, 0.4) is 0 Å². The molecule has 2 fully saturated rings. The maximum Gasteiger partial charge on any atom is 0.220 e. The predicted molar refractivity (Wildman–Crippen MR) is 81.1 cm³/mol. The highest BCUT2D eigenvalue weighted by Gasteiger charge is 2.41. The maximum absolute atomic E-state index is 11.9. The van der Waals surface area contributed by atoms with Crippen LogP contribution in [0.4, 0.5) is 5.69 Å².